The molecule has 17 heavy (non-hydrogen) atoms. The van der Waals surface area contributed by atoms with Gasteiger partial charge in [0, 0.05) is 23.9 Å². The standard InChI is InChI=1S/C13H15ClN2O/c1-9(15)6-12-8-17-13(16-12)7-10-2-4-11(14)5-3-10/h2-5,8-9H,6-7,15H2,1H3. The van der Waals surface area contributed by atoms with E-state index in [0.717, 1.165) is 22.7 Å². The molecule has 2 rings (SSSR count). The van der Waals surface area contributed by atoms with Crippen molar-refractivity contribution in [1.29, 1.82) is 0 Å². The third-order valence-corrected chi connectivity index (χ3v) is 2.65. The van der Waals surface area contributed by atoms with Crippen LogP contribution in [0.1, 0.15) is 24.1 Å². The molecule has 0 spiro atoms. The fraction of sp³-hybridized carbons (Fsp3) is 0.308. The van der Waals surface area contributed by atoms with Gasteiger partial charge in [-0.3, -0.25) is 0 Å². The lowest BCUT2D eigenvalue weighted by atomic mass is 10.1. The van der Waals surface area contributed by atoms with E-state index in [1.807, 2.05) is 31.2 Å². The summed E-state index contributed by atoms with van der Waals surface area (Å²) in [5, 5.41) is 0.735. The number of nitrogens with zero attached hydrogens (tertiary/aromatic N) is 1. The Hall–Kier alpha value is -1.32. The molecule has 1 atom stereocenters. The SMILES string of the molecule is CC(N)Cc1coc(Cc2ccc(Cl)cc2)n1. The molecule has 1 aromatic carbocycles. The van der Waals surface area contributed by atoms with Crippen LogP contribution in [0.4, 0.5) is 0 Å². The van der Waals surface area contributed by atoms with Gasteiger partial charge in [-0.1, -0.05) is 23.7 Å². The van der Waals surface area contributed by atoms with E-state index in [1.54, 1.807) is 6.26 Å². The first kappa shape index (κ1) is 12.1. The molecule has 2 aromatic rings. The molecule has 0 saturated carbocycles. The molecule has 0 aliphatic heterocycles. The zero-order chi connectivity index (χ0) is 12.3. The number of hydrogen-bond donors (Lipinski definition) is 1. The van der Waals surface area contributed by atoms with E-state index < -0.39 is 0 Å². The minimum absolute atomic E-state index is 0.100. The fourth-order valence-corrected chi connectivity index (χ4v) is 1.76. The Bertz CT molecular complexity index is 476. The molecular weight excluding hydrogens is 236 g/mol. The van der Waals surface area contributed by atoms with Crippen LogP contribution in [-0.2, 0) is 12.8 Å². The number of oxazole rings is 1. The average molecular weight is 251 g/mol. The van der Waals surface area contributed by atoms with Gasteiger partial charge in [0.2, 0.25) is 0 Å². The Labute approximate surface area is 106 Å². The second-order valence-electron chi connectivity index (χ2n) is 4.22. The van der Waals surface area contributed by atoms with Crippen molar-refractivity contribution in [3.8, 4) is 0 Å². The maximum atomic E-state index is 5.82. The summed E-state index contributed by atoms with van der Waals surface area (Å²) in [6, 6.07) is 7.77. The highest BCUT2D eigenvalue weighted by molar-refractivity contribution is 6.30. The zero-order valence-corrected chi connectivity index (χ0v) is 10.4. The van der Waals surface area contributed by atoms with Gasteiger partial charge in [-0.25, -0.2) is 4.98 Å². The lowest BCUT2D eigenvalue weighted by molar-refractivity contribution is 0.506. The molecule has 4 heteroatoms. The molecular formula is C13H15ClN2O. The molecule has 0 amide bonds. The third-order valence-electron chi connectivity index (χ3n) is 2.40. The van der Waals surface area contributed by atoms with Gasteiger partial charge in [0.25, 0.3) is 0 Å². The first-order valence-corrected chi connectivity index (χ1v) is 5.94. The van der Waals surface area contributed by atoms with Gasteiger partial charge >= 0.3 is 0 Å². The number of halogens is 1. The minimum atomic E-state index is 0.100. The van der Waals surface area contributed by atoms with Crippen molar-refractivity contribution in [2.45, 2.75) is 25.8 Å². The molecule has 0 aliphatic carbocycles. The molecule has 1 unspecified atom stereocenters. The van der Waals surface area contributed by atoms with E-state index in [-0.39, 0.29) is 6.04 Å². The fourth-order valence-electron chi connectivity index (χ4n) is 1.63. The highest BCUT2D eigenvalue weighted by Gasteiger charge is 2.06. The number of hydrogen-bond acceptors (Lipinski definition) is 3. The summed E-state index contributed by atoms with van der Waals surface area (Å²) in [7, 11) is 0. The predicted octanol–water partition coefficient (Wildman–Crippen LogP) is 2.81. The summed E-state index contributed by atoms with van der Waals surface area (Å²) in [6.07, 6.45) is 3.09. The van der Waals surface area contributed by atoms with Crippen LogP contribution in [0, 0.1) is 0 Å². The van der Waals surface area contributed by atoms with Crippen molar-refractivity contribution < 1.29 is 4.42 Å². The normalized spacial score (nSPS) is 12.6. The summed E-state index contributed by atoms with van der Waals surface area (Å²) in [4.78, 5) is 4.39. The lowest BCUT2D eigenvalue weighted by Crippen LogP contribution is -2.17. The largest absolute Gasteiger partial charge is 0.448 e. The molecule has 0 aliphatic rings. The topological polar surface area (TPSA) is 52.0 Å². The summed E-state index contributed by atoms with van der Waals surface area (Å²) >= 11 is 5.82. The Morgan fingerprint density at radius 1 is 1.35 bits per heavy atom. The number of aromatic nitrogens is 1. The molecule has 0 bridgehead atoms. The van der Waals surface area contributed by atoms with Crippen LogP contribution in [0.5, 0.6) is 0 Å². The van der Waals surface area contributed by atoms with Crippen LogP contribution in [0.2, 0.25) is 5.02 Å². The Balaban J connectivity index is 2.03. The van der Waals surface area contributed by atoms with Gasteiger partial charge in [-0.15, -0.1) is 0 Å². The molecule has 2 N–H and O–H groups in total. The summed E-state index contributed by atoms with van der Waals surface area (Å²) < 4.78 is 5.40. The van der Waals surface area contributed by atoms with Crippen LogP contribution < -0.4 is 5.73 Å². The minimum Gasteiger partial charge on any atom is -0.448 e. The molecule has 1 aromatic heterocycles. The predicted molar refractivity (Wildman–Crippen MR) is 68.1 cm³/mol. The van der Waals surface area contributed by atoms with Gasteiger partial charge in [0.05, 0.1) is 5.69 Å². The molecule has 1 heterocycles. The molecule has 0 saturated heterocycles. The third kappa shape index (κ3) is 3.58. The molecule has 3 nitrogen and oxygen atoms in total. The Kier molecular flexibility index (Phi) is 3.82. The van der Waals surface area contributed by atoms with E-state index in [9.17, 15) is 0 Å². The van der Waals surface area contributed by atoms with E-state index in [0.29, 0.717) is 12.3 Å². The smallest absolute Gasteiger partial charge is 0.198 e. The zero-order valence-electron chi connectivity index (χ0n) is 9.69. The maximum absolute atomic E-state index is 5.82. The first-order valence-electron chi connectivity index (χ1n) is 5.57. The van der Waals surface area contributed by atoms with Gasteiger partial charge in [-0.2, -0.15) is 0 Å². The van der Waals surface area contributed by atoms with Crippen LogP contribution in [0.25, 0.3) is 0 Å². The highest BCUT2D eigenvalue weighted by Crippen LogP contribution is 2.14. The van der Waals surface area contributed by atoms with Crippen molar-refractivity contribution >= 4 is 11.6 Å². The van der Waals surface area contributed by atoms with Gasteiger partial charge in [-0.05, 0) is 24.6 Å². The van der Waals surface area contributed by atoms with Crippen LogP contribution >= 0.6 is 11.6 Å². The lowest BCUT2D eigenvalue weighted by Gasteiger charge is -1.99. The van der Waals surface area contributed by atoms with Crippen molar-refractivity contribution in [2.24, 2.45) is 5.73 Å². The first-order chi connectivity index (χ1) is 8.13. The van der Waals surface area contributed by atoms with Crippen molar-refractivity contribution in [1.82, 2.24) is 4.98 Å². The van der Waals surface area contributed by atoms with Gasteiger partial charge in [0.15, 0.2) is 5.89 Å². The summed E-state index contributed by atoms with van der Waals surface area (Å²) in [5.41, 5.74) is 7.74. The van der Waals surface area contributed by atoms with Gasteiger partial charge < -0.3 is 10.2 Å². The molecule has 0 radical (unpaired) electrons. The average Bonchev–Trinajstić information content (AvgIpc) is 2.68. The number of benzene rings is 1. The summed E-state index contributed by atoms with van der Waals surface area (Å²) in [5.74, 6) is 0.711. The Morgan fingerprint density at radius 2 is 2.06 bits per heavy atom. The van der Waals surface area contributed by atoms with Crippen LogP contribution in [-0.4, -0.2) is 11.0 Å². The van der Waals surface area contributed by atoms with E-state index in [1.165, 1.54) is 0 Å². The van der Waals surface area contributed by atoms with E-state index in [4.69, 9.17) is 21.8 Å². The molecule has 0 fully saturated rings. The molecule has 90 valence electrons. The van der Waals surface area contributed by atoms with Crippen LogP contribution in [0.15, 0.2) is 34.9 Å². The number of nitrogens with two attached hydrogens (primary N) is 1. The van der Waals surface area contributed by atoms with Crippen molar-refractivity contribution in [3.05, 3.63) is 52.7 Å². The van der Waals surface area contributed by atoms with Gasteiger partial charge in [0.1, 0.15) is 6.26 Å². The van der Waals surface area contributed by atoms with Crippen LogP contribution in [0.3, 0.4) is 0 Å². The second-order valence-corrected chi connectivity index (χ2v) is 4.65. The van der Waals surface area contributed by atoms with E-state index >= 15 is 0 Å². The second kappa shape index (κ2) is 5.34. The highest BCUT2D eigenvalue weighted by atomic mass is 35.5. The number of rotatable bonds is 4. The van der Waals surface area contributed by atoms with E-state index in [2.05, 4.69) is 4.98 Å². The monoisotopic (exact) mass is 250 g/mol. The van der Waals surface area contributed by atoms with Crippen molar-refractivity contribution in [3.63, 3.8) is 0 Å². The van der Waals surface area contributed by atoms with Crippen molar-refractivity contribution in [2.75, 3.05) is 0 Å². The Morgan fingerprint density at radius 3 is 2.71 bits per heavy atom. The maximum Gasteiger partial charge on any atom is 0.198 e. The summed E-state index contributed by atoms with van der Waals surface area (Å²) in [6.45, 7) is 1.95. The quantitative estimate of drug-likeness (QED) is 0.908.